The number of hydrogen-bond acceptors (Lipinski definition) is 9. The summed E-state index contributed by atoms with van der Waals surface area (Å²) >= 11 is 0. The van der Waals surface area contributed by atoms with Crippen molar-refractivity contribution in [2.75, 3.05) is 13.7 Å². The maximum atomic E-state index is 13.5. The van der Waals surface area contributed by atoms with Crippen molar-refractivity contribution in [2.24, 2.45) is 5.92 Å². The highest BCUT2D eigenvalue weighted by atomic mass is 16.7. The molecule has 4 heterocycles. The molecule has 0 spiro atoms. The molecule has 0 radical (unpaired) electrons. The molecule has 1 amide bonds. The van der Waals surface area contributed by atoms with Crippen molar-refractivity contribution in [1.82, 2.24) is 25.3 Å². The molecule has 2 fully saturated rings. The molecule has 3 N–H and O–H groups in total. The fourth-order valence-corrected chi connectivity index (χ4v) is 5.27. The molecule has 39 heavy (non-hydrogen) atoms. The third kappa shape index (κ3) is 5.00. The van der Waals surface area contributed by atoms with Gasteiger partial charge in [-0.2, -0.15) is 0 Å². The number of methoxy groups -OCH3 is 1. The molecule has 0 saturated carbocycles. The number of amides is 1. The van der Waals surface area contributed by atoms with E-state index in [0.717, 1.165) is 34.9 Å². The third-order valence-corrected chi connectivity index (χ3v) is 8.28. The largest absolute Gasteiger partial charge is 0.495 e. The van der Waals surface area contributed by atoms with Crippen LogP contribution >= 0.6 is 0 Å². The molecule has 5 rings (SSSR count). The Balaban J connectivity index is 1.41. The van der Waals surface area contributed by atoms with Crippen LogP contribution in [0.3, 0.4) is 0 Å². The Morgan fingerprint density at radius 1 is 1.23 bits per heavy atom. The Morgan fingerprint density at radius 2 is 1.95 bits per heavy atom. The minimum absolute atomic E-state index is 0.0436. The van der Waals surface area contributed by atoms with E-state index in [1.807, 2.05) is 58.6 Å². The minimum Gasteiger partial charge on any atom is -0.399 e. The Labute approximate surface area is 228 Å². The minimum atomic E-state index is -1.22. The van der Waals surface area contributed by atoms with Crippen LogP contribution in [0, 0.1) is 5.92 Å². The lowest BCUT2D eigenvalue weighted by molar-refractivity contribution is -0.145. The first-order chi connectivity index (χ1) is 18.4. The Kier molecular flexibility index (Phi) is 7.36. The Bertz CT molecular complexity index is 1320. The van der Waals surface area contributed by atoms with Crippen molar-refractivity contribution in [2.45, 2.75) is 84.1 Å². The fraction of sp³-hybridized carbons (Fsp3) is 0.593. The summed E-state index contributed by atoms with van der Waals surface area (Å²) in [4.78, 5) is 23.4. The number of carbonyl (C=O) groups is 1. The van der Waals surface area contributed by atoms with E-state index in [0.29, 0.717) is 18.0 Å². The predicted molar refractivity (Wildman–Crippen MR) is 146 cm³/mol. The zero-order chi connectivity index (χ0) is 28.1. The second-order valence-corrected chi connectivity index (χ2v) is 11.7. The summed E-state index contributed by atoms with van der Waals surface area (Å²) in [5.74, 6) is 0.567. The number of fused-ring (bicyclic) bond motifs is 1. The highest BCUT2D eigenvalue weighted by molar-refractivity contribution is 6.65. The van der Waals surface area contributed by atoms with Gasteiger partial charge in [0.05, 0.1) is 41.4 Å². The summed E-state index contributed by atoms with van der Waals surface area (Å²) in [6.07, 6.45) is 3.87. The summed E-state index contributed by atoms with van der Waals surface area (Å²) < 4.78 is 23.1. The van der Waals surface area contributed by atoms with Gasteiger partial charge in [-0.25, -0.2) is 4.98 Å². The highest BCUT2D eigenvalue weighted by Crippen LogP contribution is 2.38. The number of H-pyrrole nitrogens is 1. The topological polar surface area (TPSA) is 135 Å². The molecule has 1 unspecified atom stereocenters. The van der Waals surface area contributed by atoms with Gasteiger partial charge in [-0.05, 0) is 58.0 Å². The van der Waals surface area contributed by atoms with Crippen LogP contribution in [0.25, 0.3) is 22.2 Å². The van der Waals surface area contributed by atoms with E-state index in [-0.39, 0.29) is 17.9 Å². The molecule has 3 atom stereocenters. The number of likely N-dealkylation sites (tertiary alicyclic amines) is 1. The summed E-state index contributed by atoms with van der Waals surface area (Å²) in [6, 6.07) is 3.13. The number of nitrogens with zero attached hydrogens (tertiary/aromatic N) is 3. The molecular formula is C27H38BN5O6. The number of ether oxygens (including phenoxy) is 1. The van der Waals surface area contributed by atoms with Crippen LogP contribution in [0.15, 0.2) is 29.0 Å². The zero-order valence-electron chi connectivity index (χ0n) is 23.6. The van der Waals surface area contributed by atoms with Crippen molar-refractivity contribution < 1.29 is 28.5 Å². The van der Waals surface area contributed by atoms with Gasteiger partial charge in [0.15, 0.2) is 5.58 Å². The molecule has 2 saturated heterocycles. The summed E-state index contributed by atoms with van der Waals surface area (Å²) in [5.41, 5.74) is 2.10. The lowest BCUT2D eigenvalue weighted by atomic mass is 9.76. The van der Waals surface area contributed by atoms with Gasteiger partial charge in [0, 0.05) is 24.6 Å². The van der Waals surface area contributed by atoms with Crippen LogP contribution in [0.5, 0.6) is 0 Å². The van der Waals surface area contributed by atoms with Crippen LogP contribution in [-0.2, 0) is 18.8 Å². The van der Waals surface area contributed by atoms with E-state index in [1.54, 1.807) is 12.4 Å². The second-order valence-electron chi connectivity index (χ2n) is 11.7. The lowest BCUT2D eigenvalue weighted by Gasteiger charge is -2.32. The SMILES string of the molecule is COC(O)N[C@H](C(=O)N1CCC[C@H]1c1ncc(-c2ccc(B3OC(C)(C)C(C)(C)O3)c3cnoc23)[nH]1)C(C)C. The number of aliphatic hydroxyl groups is 1. The molecule has 0 aliphatic carbocycles. The maximum absolute atomic E-state index is 13.5. The average Bonchev–Trinajstić information content (AvgIpc) is 3.66. The zero-order valence-corrected chi connectivity index (χ0v) is 23.6. The standard InChI is InChI=1S/C27H38BN5O6/c1-15(2)21(32-25(35)36-7)24(34)33-12-8-9-20(33)23-29-14-19(31-23)16-10-11-18(17-13-30-37-22(16)17)28-38-26(3,4)27(5,6)39-28/h10-11,13-15,20-21,25,32,35H,8-9,12H2,1-7H3,(H,29,31)/t20-,21-,25?/m0/s1. The Morgan fingerprint density at radius 3 is 2.62 bits per heavy atom. The number of aliphatic hydroxyl groups excluding tert-OH is 1. The van der Waals surface area contributed by atoms with Gasteiger partial charge in [0.25, 0.3) is 0 Å². The number of nitrogens with one attached hydrogen (secondary N) is 2. The molecule has 2 aliphatic rings. The smallest absolute Gasteiger partial charge is 0.399 e. The molecule has 3 aromatic rings. The number of imidazole rings is 1. The number of benzene rings is 1. The molecule has 2 aliphatic heterocycles. The van der Waals surface area contributed by atoms with E-state index in [2.05, 4.69) is 20.4 Å². The van der Waals surface area contributed by atoms with Gasteiger partial charge in [-0.3, -0.25) is 10.1 Å². The van der Waals surface area contributed by atoms with Crippen molar-refractivity contribution in [3.8, 4) is 11.3 Å². The second kappa shape index (κ2) is 10.3. The van der Waals surface area contributed by atoms with Gasteiger partial charge in [0.2, 0.25) is 12.3 Å². The fourth-order valence-electron chi connectivity index (χ4n) is 5.27. The van der Waals surface area contributed by atoms with Gasteiger partial charge < -0.3 is 33.6 Å². The predicted octanol–water partition coefficient (Wildman–Crippen LogP) is 2.72. The van der Waals surface area contributed by atoms with Gasteiger partial charge in [0.1, 0.15) is 5.82 Å². The van der Waals surface area contributed by atoms with Crippen LogP contribution < -0.4 is 10.8 Å². The third-order valence-electron chi connectivity index (χ3n) is 8.28. The quantitative estimate of drug-likeness (QED) is 0.292. The first-order valence-corrected chi connectivity index (χ1v) is 13.5. The van der Waals surface area contributed by atoms with Crippen LogP contribution in [0.1, 0.15) is 66.3 Å². The number of hydrogen-bond donors (Lipinski definition) is 3. The van der Waals surface area contributed by atoms with Crippen LogP contribution in [0.2, 0.25) is 0 Å². The Hall–Kier alpha value is -2.77. The highest BCUT2D eigenvalue weighted by Gasteiger charge is 2.52. The van der Waals surface area contributed by atoms with Crippen molar-refractivity contribution in [1.29, 1.82) is 0 Å². The lowest BCUT2D eigenvalue weighted by Crippen LogP contribution is -2.52. The maximum Gasteiger partial charge on any atom is 0.495 e. The first-order valence-electron chi connectivity index (χ1n) is 13.5. The van der Waals surface area contributed by atoms with E-state index in [9.17, 15) is 9.90 Å². The van der Waals surface area contributed by atoms with E-state index < -0.39 is 30.8 Å². The van der Waals surface area contributed by atoms with E-state index in [4.69, 9.17) is 18.6 Å². The van der Waals surface area contributed by atoms with Crippen molar-refractivity contribution in [3.63, 3.8) is 0 Å². The molecule has 210 valence electrons. The number of carbonyl (C=O) groups excluding carboxylic acids is 1. The number of aromatic nitrogens is 3. The van der Waals surface area contributed by atoms with Crippen LogP contribution in [-0.4, -0.2) is 75.5 Å². The summed E-state index contributed by atoms with van der Waals surface area (Å²) in [6.45, 7) is 12.6. The normalized spacial score (nSPS) is 22.2. The molecule has 1 aromatic carbocycles. The molecule has 12 heteroatoms. The van der Waals surface area contributed by atoms with Crippen LogP contribution in [0.4, 0.5) is 0 Å². The van der Waals surface area contributed by atoms with Gasteiger partial charge >= 0.3 is 7.12 Å². The molecule has 11 nitrogen and oxygen atoms in total. The molecule has 2 aromatic heterocycles. The monoisotopic (exact) mass is 539 g/mol. The average molecular weight is 539 g/mol. The van der Waals surface area contributed by atoms with Crippen molar-refractivity contribution in [3.05, 3.63) is 30.4 Å². The first kappa shape index (κ1) is 27.8. The molecular weight excluding hydrogens is 501 g/mol. The van der Waals surface area contributed by atoms with E-state index >= 15 is 0 Å². The number of aromatic amines is 1. The number of rotatable bonds is 8. The van der Waals surface area contributed by atoms with Gasteiger partial charge in [-0.1, -0.05) is 25.1 Å². The van der Waals surface area contributed by atoms with Gasteiger partial charge in [-0.15, -0.1) is 0 Å². The van der Waals surface area contributed by atoms with E-state index in [1.165, 1.54) is 7.11 Å². The summed E-state index contributed by atoms with van der Waals surface area (Å²) in [5, 5.41) is 17.7. The molecule has 0 bridgehead atoms. The van der Waals surface area contributed by atoms with Crippen molar-refractivity contribution >= 4 is 29.5 Å². The summed E-state index contributed by atoms with van der Waals surface area (Å²) in [7, 11) is 0.844.